The highest BCUT2D eigenvalue weighted by atomic mass is 16.1. The van der Waals surface area contributed by atoms with Gasteiger partial charge in [0.25, 0.3) is 0 Å². The van der Waals surface area contributed by atoms with Gasteiger partial charge in [-0.25, -0.2) is 4.98 Å². The lowest BCUT2D eigenvalue weighted by molar-refractivity contribution is 0.112. The molecule has 0 atom stereocenters. The third-order valence-corrected chi connectivity index (χ3v) is 2.69. The lowest BCUT2D eigenvalue weighted by Gasteiger charge is -2.12. The van der Waals surface area contributed by atoms with Crippen molar-refractivity contribution in [3.63, 3.8) is 0 Å². The van der Waals surface area contributed by atoms with Gasteiger partial charge in [0.15, 0.2) is 6.29 Å². The molecule has 2 aromatic heterocycles. The smallest absolute Gasteiger partial charge is 0.170 e. The Morgan fingerprint density at radius 3 is 2.88 bits per heavy atom. The summed E-state index contributed by atoms with van der Waals surface area (Å²) in [6.45, 7) is 0.635. The van der Waals surface area contributed by atoms with Crippen LogP contribution < -0.4 is 10.2 Å². The Bertz CT molecular complexity index is 545. The van der Waals surface area contributed by atoms with Crippen LogP contribution in [0.4, 0.5) is 5.69 Å². The fourth-order valence-electron chi connectivity index (χ4n) is 1.81. The summed E-state index contributed by atoms with van der Waals surface area (Å²) in [5.74, 6) is 0.843. The Morgan fingerprint density at radius 1 is 1.53 bits per heavy atom. The number of rotatable bonds is 4. The van der Waals surface area contributed by atoms with E-state index >= 15 is 0 Å². The number of anilines is 1. The van der Waals surface area contributed by atoms with Gasteiger partial charge < -0.3 is 14.6 Å². The zero-order valence-electron chi connectivity index (χ0n) is 10.3. The molecule has 2 aromatic rings. The van der Waals surface area contributed by atoms with Gasteiger partial charge in [-0.1, -0.05) is 0 Å². The second kappa shape index (κ2) is 4.55. The first-order chi connectivity index (χ1) is 8.17. The maximum Gasteiger partial charge on any atom is 0.170 e. The molecule has 17 heavy (non-hydrogen) atoms. The SMILES string of the molecule is CNCc1nc(C=O)c2cc(N(C)C)ccn12. The molecule has 0 aromatic carbocycles. The molecule has 0 aliphatic carbocycles. The summed E-state index contributed by atoms with van der Waals surface area (Å²) in [5, 5.41) is 3.04. The van der Waals surface area contributed by atoms with Gasteiger partial charge in [-0.15, -0.1) is 0 Å². The number of aromatic nitrogens is 2. The van der Waals surface area contributed by atoms with Gasteiger partial charge in [-0.05, 0) is 19.2 Å². The molecule has 5 heteroatoms. The molecule has 0 saturated carbocycles. The van der Waals surface area contributed by atoms with Crippen molar-refractivity contribution in [2.24, 2.45) is 0 Å². The number of hydrogen-bond donors (Lipinski definition) is 1. The molecule has 5 nitrogen and oxygen atoms in total. The summed E-state index contributed by atoms with van der Waals surface area (Å²) in [6, 6.07) is 3.97. The first kappa shape index (κ1) is 11.6. The lowest BCUT2D eigenvalue weighted by atomic mass is 10.3. The first-order valence-corrected chi connectivity index (χ1v) is 5.45. The fraction of sp³-hybridized carbons (Fsp3) is 0.333. The number of carbonyl (C=O) groups is 1. The Balaban J connectivity index is 2.63. The van der Waals surface area contributed by atoms with Crippen LogP contribution in [0.2, 0.25) is 0 Å². The predicted molar refractivity (Wildman–Crippen MR) is 67.7 cm³/mol. The summed E-state index contributed by atoms with van der Waals surface area (Å²) >= 11 is 0. The third kappa shape index (κ3) is 2.01. The van der Waals surface area contributed by atoms with E-state index in [1.165, 1.54) is 0 Å². The Hall–Kier alpha value is -1.88. The molecule has 2 heterocycles. The lowest BCUT2D eigenvalue weighted by Crippen LogP contribution is -2.10. The van der Waals surface area contributed by atoms with Crippen molar-refractivity contribution in [1.82, 2.24) is 14.7 Å². The Morgan fingerprint density at radius 2 is 2.29 bits per heavy atom. The molecule has 0 radical (unpaired) electrons. The van der Waals surface area contributed by atoms with Gasteiger partial charge in [0.1, 0.15) is 11.5 Å². The number of hydrogen-bond acceptors (Lipinski definition) is 4. The fourth-order valence-corrected chi connectivity index (χ4v) is 1.81. The zero-order chi connectivity index (χ0) is 12.4. The molecule has 90 valence electrons. The van der Waals surface area contributed by atoms with E-state index in [2.05, 4.69) is 10.3 Å². The molecule has 0 amide bonds. The van der Waals surface area contributed by atoms with Crippen molar-refractivity contribution in [3.05, 3.63) is 29.8 Å². The second-order valence-corrected chi connectivity index (χ2v) is 4.10. The third-order valence-electron chi connectivity index (χ3n) is 2.69. The van der Waals surface area contributed by atoms with E-state index in [4.69, 9.17) is 0 Å². The highest BCUT2D eigenvalue weighted by molar-refractivity contribution is 5.85. The minimum absolute atomic E-state index is 0.485. The van der Waals surface area contributed by atoms with Gasteiger partial charge in [0, 0.05) is 26.0 Å². The standard InChI is InChI=1S/C12H16N4O/c1-13-7-12-14-10(8-17)11-6-9(15(2)3)4-5-16(11)12/h4-6,8,13H,7H2,1-3H3. The van der Waals surface area contributed by atoms with Gasteiger partial charge in [-0.2, -0.15) is 0 Å². The van der Waals surface area contributed by atoms with Crippen LogP contribution in [0.3, 0.4) is 0 Å². The van der Waals surface area contributed by atoms with E-state index < -0.39 is 0 Å². The molecular formula is C12H16N4O. The second-order valence-electron chi connectivity index (χ2n) is 4.10. The molecule has 1 N–H and O–H groups in total. The molecule has 0 spiro atoms. The number of nitrogens with zero attached hydrogens (tertiary/aromatic N) is 3. The summed E-state index contributed by atoms with van der Waals surface area (Å²) in [4.78, 5) is 17.3. The van der Waals surface area contributed by atoms with E-state index in [0.29, 0.717) is 12.2 Å². The van der Waals surface area contributed by atoms with Crippen LogP contribution in [0, 0.1) is 0 Å². The molecule has 0 unspecified atom stereocenters. The average Bonchev–Trinajstić information content (AvgIpc) is 2.67. The number of fused-ring (bicyclic) bond motifs is 1. The Kier molecular flexibility index (Phi) is 3.10. The topological polar surface area (TPSA) is 49.6 Å². The summed E-state index contributed by atoms with van der Waals surface area (Å²) in [6.07, 6.45) is 2.74. The molecule has 0 bridgehead atoms. The van der Waals surface area contributed by atoms with Crippen LogP contribution in [0.1, 0.15) is 16.3 Å². The van der Waals surface area contributed by atoms with E-state index in [9.17, 15) is 4.79 Å². The van der Waals surface area contributed by atoms with Crippen molar-refractivity contribution in [2.75, 3.05) is 26.0 Å². The quantitative estimate of drug-likeness (QED) is 0.797. The molecule has 0 fully saturated rings. The normalized spacial score (nSPS) is 10.8. The van der Waals surface area contributed by atoms with Crippen LogP contribution in [0.25, 0.3) is 5.52 Å². The van der Waals surface area contributed by atoms with E-state index in [1.54, 1.807) is 0 Å². The van der Waals surface area contributed by atoms with Gasteiger partial charge in [-0.3, -0.25) is 4.79 Å². The predicted octanol–water partition coefficient (Wildman–Crippen LogP) is 0.932. The number of carbonyl (C=O) groups excluding carboxylic acids is 1. The molecule has 0 saturated heterocycles. The van der Waals surface area contributed by atoms with Crippen molar-refractivity contribution in [2.45, 2.75) is 6.54 Å². The largest absolute Gasteiger partial charge is 0.378 e. The van der Waals surface area contributed by atoms with E-state index in [1.807, 2.05) is 48.8 Å². The number of pyridine rings is 1. The van der Waals surface area contributed by atoms with Gasteiger partial charge >= 0.3 is 0 Å². The Labute approximate surface area is 100 Å². The summed E-state index contributed by atoms with van der Waals surface area (Å²) in [7, 11) is 5.80. The van der Waals surface area contributed by atoms with Gasteiger partial charge in [0.2, 0.25) is 0 Å². The highest BCUT2D eigenvalue weighted by Gasteiger charge is 2.10. The maximum absolute atomic E-state index is 11.0. The molecule has 2 rings (SSSR count). The zero-order valence-corrected chi connectivity index (χ0v) is 10.3. The number of aldehydes is 1. The van der Waals surface area contributed by atoms with E-state index in [0.717, 1.165) is 23.3 Å². The average molecular weight is 232 g/mol. The summed E-state index contributed by atoms with van der Waals surface area (Å²) in [5.41, 5.74) is 2.38. The van der Waals surface area contributed by atoms with Gasteiger partial charge in [0.05, 0.1) is 12.1 Å². The van der Waals surface area contributed by atoms with Crippen molar-refractivity contribution in [1.29, 1.82) is 0 Å². The monoisotopic (exact) mass is 232 g/mol. The van der Waals surface area contributed by atoms with Crippen molar-refractivity contribution < 1.29 is 4.79 Å². The van der Waals surface area contributed by atoms with Crippen LogP contribution in [0.15, 0.2) is 18.3 Å². The van der Waals surface area contributed by atoms with Crippen LogP contribution in [-0.4, -0.2) is 36.8 Å². The number of nitrogens with one attached hydrogen (secondary N) is 1. The van der Waals surface area contributed by atoms with Crippen molar-refractivity contribution >= 4 is 17.5 Å². The first-order valence-electron chi connectivity index (χ1n) is 5.45. The van der Waals surface area contributed by atoms with Crippen LogP contribution >= 0.6 is 0 Å². The highest BCUT2D eigenvalue weighted by Crippen LogP contribution is 2.18. The minimum atomic E-state index is 0.485. The molecule has 0 aliphatic rings. The molecular weight excluding hydrogens is 216 g/mol. The van der Waals surface area contributed by atoms with Crippen molar-refractivity contribution in [3.8, 4) is 0 Å². The van der Waals surface area contributed by atoms with Crippen LogP contribution in [-0.2, 0) is 6.54 Å². The maximum atomic E-state index is 11.0. The summed E-state index contributed by atoms with van der Waals surface area (Å²) < 4.78 is 1.94. The minimum Gasteiger partial charge on any atom is -0.378 e. The van der Waals surface area contributed by atoms with Crippen LogP contribution in [0.5, 0.6) is 0 Å². The van der Waals surface area contributed by atoms with E-state index in [-0.39, 0.29) is 0 Å². The molecule has 0 aliphatic heterocycles. The number of imidazole rings is 1.